The molecule has 0 aliphatic heterocycles. The summed E-state index contributed by atoms with van der Waals surface area (Å²) >= 11 is 0. The summed E-state index contributed by atoms with van der Waals surface area (Å²) in [4.78, 5) is -0.178. The van der Waals surface area contributed by atoms with Crippen molar-refractivity contribution in [3.63, 3.8) is 0 Å². The number of aliphatic hydroxyl groups excluding tert-OH is 1. The lowest BCUT2D eigenvalue weighted by Gasteiger charge is -2.28. The molecule has 0 radical (unpaired) electrons. The smallest absolute Gasteiger partial charge is 0.189 e. The molecule has 1 atom stereocenters. The van der Waals surface area contributed by atoms with E-state index >= 15 is 0 Å². The molecule has 1 aromatic rings. The van der Waals surface area contributed by atoms with Crippen LogP contribution in [0.2, 0.25) is 0 Å². The molecule has 0 aliphatic rings. The van der Waals surface area contributed by atoms with Crippen LogP contribution in [0.1, 0.15) is 18.9 Å². The van der Waals surface area contributed by atoms with Gasteiger partial charge in [-0.2, -0.15) is 0 Å². The maximum absolute atomic E-state index is 10.4. The van der Waals surface area contributed by atoms with Crippen molar-refractivity contribution < 1.29 is 22.6 Å². The molecule has 1 N–H and O–H groups in total. The molecule has 1 rings (SSSR count). The summed E-state index contributed by atoms with van der Waals surface area (Å²) in [6.45, 7) is 3.80. The molecule has 0 amide bonds. The molecular formula is C13H23NO4S. The second-order valence-electron chi connectivity index (χ2n) is 5.27. The number of hydrogen-bond donors (Lipinski definition) is 1. The standard InChI is InChI=1S/C7H8O3S.C6H16NO/c1-6-2-4-7(5-3-6)11(8,9)10;1-5-6(8)7(2,3)4/h2-5H,1H3,(H,8,9,10);6,8H,5H2,1-4H3/q;+1/p-1. The molecule has 0 saturated heterocycles. The Bertz CT molecular complexity index is 474. The predicted molar refractivity (Wildman–Crippen MR) is 73.5 cm³/mol. The van der Waals surface area contributed by atoms with E-state index in [4.69, 9.17) is 5.11 Å². The van der Waals surface area contributed by atoms with E-state index in [0.717, 1.165) is 12.0 Å². The van der Waals surface area contributed by atoms with Crippen LogP contribution in [0.15, 0.2) is 29.2 Å². The average Bonchev–Trinajstić information content (AvgIpc) is 2.27. The summed E-state index contributed by atoms with van der Waals surface area (Å²) in [5, 5.41) is 9.17. The summed E-state index contributed by atoms with van der Waals surface area (Å²) in [6.07, 6.45) is 0.610. The van der Waals surface area contributed by atoms with Crippen molar-refractivity contribution in [1.29, 1.82) is 0 Å². The highest BCUT2D eigenvalue weighted by molar-refractivity contribution is 7.85. The first-order valence-corrected chi connectivity index (χ1v) is 7.41. The van der Waals surface area contributed by atoms with Gasteiger partial charge < -0.3 is 14.1 Å². The monoisotopic (exact) mass is 289 g/mol. The highest BCUT2D eigenvalue weighted by Gasteiger charge is 2.16. The third-order valence-electron chi connectivity index (χ3n) is 2.57. The molecule has 0 saturated carbocycles. The molecule has 19 heavy (non-hydrogen) atoms. The van der Waals surface area contributed by atoms with Gasteiger partial charge in [0, 0.05) is 6.42 Å². The van der Waals surface area contributed by atoms with Crippen LogP contribution in [-0.2, 0) is 10.1 Å². The highest BCUT2D eigenvalue weighted by Crippen LogP contribution is 2.08. The number of aliphatic hydroxyl groups is 1. The van der Waals surface area contributed by atoms with E-state index in [1.165, 1.54) is 12.1 Å². The van der Waals surface area contributed by atoms with Gasteiger partial charge >= 0.3 is 0 Å². The maximum atomic E-state index is 10.4. The number of rotatable bonds is 3. The van der Waals surface area contributed by atoms with Gasteiger partial charge in [-0.15, -0.1) is 0 Å². The molecule has 0 fully saturated rings. The van der Waals surface area contributed by atoms with Gasteiger partial charge in [0.05, 0.1) is 26.0 Å². The normalized spacial score (nSPS) is 13.4. The lowest BCUT2D eigenvalue weighted by atomic mass is 10.2. The van der Waals surface area contributed by atoms with Gasteiger partial charge in [-0.25, -0.2) is 8.42 Å². The minimum absolute atomic E-state index is 0.178. The van der Waals surface area contributed by atoms with Crippen LogP contribution in [0, 0.1) is 6.92 Å². The van der Waals surface area contributed by atoms with Crippen molar-refractivity contribution in [2.45, 2.75) is 31.4 Å². The number of quaternary nitrogens is 1. The van der Waals surface area contributed by atoms with E-state index in [0.29, 0.717) is 4.48 Å². The molecule has 1 unspecified atom stereocenters. The van der Waals surface area contributed by atoms with Gasteiger partial charge in [-0.3, -0.25) is 0 Å². The van der Waals surface area contributed by atoms with Crippen molar-refractivity contribution in [2.75, 3.05) is 21.1 Å². The fraction of sp³-hybridized carbons (Fsp3) is 0.538. The fourth-order valence-electron chi connectivity index (χ4n) is 1.25. The van der Waals surface area contributed by atoms with E-state index < -0.39 is 10.1 Å². The quantitative estimate of drug-likeness (QED) is 0.517. The van der Waals surface area contributed by atoms with Crippen molar-refractivity contribution >= 4 is 10.1 Å². The zero-order valence-corrected chi connectivity index (χ0v) is 12.9. The Labute approximate surface area is 115 Å². The third kappa shape index (κ3) is 7.27. The predicted octanol–water partition coefficient (Wildman–Crippen LogP) is 1.32. The first-order chi connectivity index (χ1) is 8.48. The van der Waals surface area contributed by atoms with Crippen LogP contribution in [-0.4, -0.2) is 49.9 Å². The zero-order chi connectivity index (χ0) is 15.3. The second kappa shape index (κ2) is 7.00. The van der Waals surface area contributed by atoms with Crippen LogP contribution < -0.4 is 0 Å². The summed E-state index contributed by atoms with van der Waals surface area (Å²) in [5.74, 6) is 0. The Morgan fingerprint density at radius 3 is 1.84 bits per heavy atom. The van der Waals surface area contributed by atoms with Gasteiger partial charge in [-0.1, -0.05) is 24.6 Å². The molecular weight excluding hydrogens is 266 g/mol. The Morgan fingerprint density at radius 2 is 1.63 bits per heavy atom. The SMILES string of the molecule is CCC(O)[N+](C)(C)C.Cc1ccc(S(=O)(=O)[O-])cc1. The summed E-state index contributed by atoms with van der Waals surface area (Å²) < 4.78 is 31.8. The van der Waals surface area contributed by atoms with Gasteiger partial charge in [0.15, 0.2) is 6.23 Å². The number of aryl methyl sites for hydroxylation is 1. The number of benzene rings is 1. The number of nitrogens with zero attached hydrogens (tertiary/aromatic N) is 1. The van der Waals surface area contributed by atoms with E-state index in [2.05, 4.69) is 0 Å². The maximum Gasteiger partial charge on any atom is 0.189 e. The molecule has 0 aromatic heterocycles. The van der Waals surface area contributed by atoms with Gasteiger partial charge in [-0.05, 0) is 19.1 Å². The van der Waals surface area contributed by atoms with Gasteiger partial charge in [0.1, 0.15) is 10.1 Å². The van der Waals surface area contributed by atoms with Crippen LogP contribution in [0.25, 0.3) is 0 Å². The lowest BCUT2D eigenvalue weighted by molar-refractivity contribution is -0.918. The van der Waals surface area contributed by atoms with Crippen molar-refractivity contribution in [1.82, 2.24) is 0 Å². The van der Waals surface area contributed by atoms with Crippen LogP contribution in [0.3, 0.4) is 0 Å². The van der Waals surface area contributed by atoms with E-state index in [1.807, 2.05) is 35.0 Å². The lowest BCUT2D eigenvalue weighted by Crippen LogP contribution is -2.44. The van der Waals surface area contributed by atoms with Crippen LogP contribution in [0.4, 0.5) is 0 Å². The summed E-state index contributed by atoms with van der Waals surface area (Å²) in [7, 11) is 1.67. The van der Waals surface area contributed by atoms with Crippen molar-refractivity contribution in [2.24, 2.45) is 0 Å². The Balaban J connectivity index is 0.000000362. The average molecular weight is 289 g/mol. The molecule has 5 nitrogen and oxygen atoms in total. The van der Waals surface area contributed by atoms with E-state index in [9.17, 15) is 13.0 Å². The molecule has 0 aliphatic carbocycles. The second-order valence-corrected chi connectivity index (χ2v) is 6.65. The van der Waals surface area contributed by atoms with Crippen molar-refractivity contribution in [3.8, 4) is 0 Å². The topological polar surface area (TPSA) is 77.4 Å². The van der Waals surface area contributed by atoms with E-state index in [-0.39, 0.29) is 11.1 Å². The molecule has 0 heterocycles. The molecule has 0 spiro atoms. The Kier molecular flexibility index (Phi) is 6.65. The first-order valence-electron chi connectivity index (χ1n) is 6.00. The van der Waals surface area contributed by atoms with E-state index in [1.54, 1.807) is 12.1 Å². The Hall–Kier alpha value is -0.950. The van der Waals surface area contributed by atoms with Gasteiger partial charge in [0.25, 0.3) is 0 Å². The number of hydrogen-bond acceptors (Lipinski definition) is 4. The third-order valence-corrected chi connectivity index (χ3v) is 3.42. The largest absolute Gasteiger partial charge is 0.744 e. The summed E-state index contributed by atoms with van der Waals surface area (Å²) in [5.41, 5.74) is 0.928. The fourth-order valence-corrected chi connectivity index (χ4v) is 1.72. The zero-order valence-electron chi connectivity index (χ0n) is 12.1. The minimum Gasteiger partial charge on any atom is -0.744 e. The minimum atomic E-state index is -4.27. The summed E-state index contributed by atoms with van der Waals surface area (Å²) in [6, 6.07) is 5.78. The molecule has 0 bridgehead atoms. The first kappa shape index (κ1) is 18.0. The Morgan fingerprint density at radius 1 is 1.21 bits per heavy atom. The highest BCUT2D eigenvalue weighted by atomic mass is 32.2. The van der Waals surface area contributed by atoms with Crippen LogP contribution in [0.5, 0.6) is 0 Å². The molecule has 6 heteroatoms. The van der Waals surface area contributed by atoms with Gasteiger partial charge in [0.2, 0.25) is 0 Å². The molecule has 1 aromatic carbocycles. The van der Waals surface area contributed by atoms with Crippen molar-refractivity contribution in [3.05, 3.63) is 29.8 Å². The molecule has 110 valence electrons. The van der Waals surface area contributed by atoms with Crippen LogP contribution >= 0.6 is 0 Å².